The Morgan fingerprint density at radius 3 is 2.24 bits per heavy atom. The van der Waals surface area contributed by atoms with Crippen molar-refractivity contribution in [1.29, 1.82) is 0 Å². The highest BCUT2D eigenvalue weighted by atomic mass is 16.7. The lowest BCUT2D eigenvalue weighted by Gasteiger charge is -2.48. The fourth-order valence-corrected chi connectivity index (χ4v) is 4.93. The highest BCUT2D eigenvalue weighted by Crippen LogP contribution is 2.60. The third-order valence-corrected chi connectivity index (χ3v) is 6.22. The zero-order chi connectivity index (χ0) is 21.5. The quantitative estimate of drug-likeness (QED) is 0.291. The van der Waals surface area contributed by atoms with Crippen LogP contribution in [0.2, 0.25) is 0 Å². The molecule has 1 aliphatic rings. The van der Waals surface area contributed by atoms with Crippen LogP contribution in [0.4, 0.5) is 0 Å². The summed E-state index contributed by atoms with van der Waals surface area (Å²) in [7, 11) is 6.74. The van der Waals surface area contributed by atoms with Crippen molar-refractivity contribution in [2.24, 2.45) is 5.92 Å². The molecule has 1 aromatic carbocycles. The second-order valence-corrected chi connectivity index (χ2v) is 7.67. The second kappa shape index (κ2) is 10.5. The van der Waals surface area contributed by atoms with Gasteiger partial charge in [0.25, 0.3) is 0 Å². The molecule has 1 aliphatic carbocycles. The van der Waals surface area contributed by atoms with Crippen LogP contribution in [-0.2, 0) is 34.3 Å². The van der Waals surface area contributed by atoms with E-state index >= 15 is 0 Å². The normalized spacial score (nSPS) is 23.6. The third kappa shape index (κ3) is 4.22. The van der Waals surface area contributed by atoms with E-state index in [2.05, 4.69) is 13.0 Å². The standard InChI is InChI=1S/C23H36O6/c1-17(13-9-7-8-12-16-29-18(2)24)22(26-4)21(25-3)19-14-10-11-15-20(19)23(22,27-5)28-6/h10-11,14-15,17,21H,7-9,12-13,16H2,1-6H3. The summed E-state index contributed by atoms with van der Waals surface area (Å²) in [6, 6.07) is 8.06. The molecule has 0 bridgehead atoms. The second-order valence-electron chi connectivity index (χ2n) is 7.67. The molecule has 0 fully saturated rings. The molecule has 29 heavy (non-hydrogen) atoms. The minimum Gasteiger partial charge on any atom is -0.466 e. The molecule has 2 rings (SSSR count). The highest BCUT2D eigenvalue weighted by Gasteiger charge is 2.68. The third-order valence-electron chi connectivity index (χ3n) is 6.22. The average Bonchev–Trinajstić information content (AvgIpc) is 2.98. The van der Waals surface area contributed by atoms with Crippen LogP contribution in [0, 0.1) is 5.92 Å². The molecule has 1 aromatic rings. The van der Waals surface area contributed by atoms with Crippen molar-refractivity contribution in [3.63, 3.8) is 0 Å². The van der Waals surface area contributed by atoms with E-state index in [1.54, 1.807) is 28.4 Å². The maximum Gasteiger partial charge on any atom is 0.302 e. The van der Waals surface area contributed by atoms with Crippen molar-refractivity contribution in [3.05, 3.63) is 35.4 Å². The fraction of sp³-hybridized carbons (Fsp3) is 0.696. The van der Waals surface area contributed by atoms with Crippen molar-refractivity contribution in [1.82, 2.24) is 0 Å². The number of esters is 1. The molecule has 3 unspecified atom stereocenters. The van der Waals surface area contributed by atoms with E-state index in [0.29, 0.717) is 6.61 Å². The Labute approximate surface area is 174 Å². The van der Waals surface area contributed by atoms with Crippen LogP contribution in [-0.4, -0.2) is 46.6 Å². The van der Waals surface area contributed by atoms with Crippen molar-refractivity contribution in [3.8, 4) is 0 Å². The highest BCUT2D eigenvalue weighted by molar-refractivity contribution is 5.65. The molecule has 0 N–H and O–H groups in total. The Balaban J connectivity index is 2.17. The van der Waals surface area contributed by atoms with E-state index in [-0.39, 0.29) is 18.0 Å². The summed E-state index contributed by atoms with van der Waals surface area (Å²) >= 11 is 0. The van der Waals surface area contributed by atoms with Crippen LogP contribution in [0.25, 0.3) is 0 Å². The molecule has 6 nitrogen and oxygen atoms in total. The number of ether oxygens (including phenoxy) is 5. The van der Waals surface area contributed by atoms with Crippen LogP contribution in [0.5, 0.6) is 0 Å². The van der Waals surface area contributed by atoms with E-state index < -0.39 is 11.4 Å². The number of carbonyl (C=O) groups excluding carboxylic acids is 1. The fourth-order valence-electron chi connectivity index (χ4n) is 4.93. The molecule has 0 heterocycles. The van der Waals surface area contributed by atoms with Crippen LogP contribution in [0.1, 0.15) is 63.2 Å². The van der Waals surface area contributed by atoms with E-state index in [4.69, 9.17) is 23.7 Å². The van der Waals surface area contributed by atoms with Gasteiger partial charge in [-0.1, -0.05) is 50.5 Å². The Morgan fingerprint density at radius 1 is 1.00 bits per heavy atom. The molecule has 0 aliphatic heterocycles. The van der Waals surface area contributed by atoms with E-state index in [0.717, 1.165) is 43.2 Å². The molecule has 3 atom stereocenters. The number of hydrogen-bond acceptors (Lipinski definition) is 6. The number of hydrogen-bond donors (Lipinski definition) is 0. The summed E-state index contributed by atoms with van der Waals surface area (Å²) < 4.78 is 29.3. The molecule has 164 valence electrons. The zero-order valence-electron chi connectivity index (χ0n) is 18.7. The Bertz CT molecular complexity index is 657. The van der Waals surface area contributed by atoms with E-state index in [1.807, 2.05) is 18.2 Å². The average molecular weight is 409 g/mol. The summed E-state index contributed by atoms with van der Waals surface area (Å²) in [4.78, 5) is 10.8. The summed E-state index contributed by atoms with van der Waals surface area (Å²) in [6.07, 6.45) is 4.63. The first-order chi connectivity index (χ1) is 13.9. The summed E-state index contributed by atoms with van der Waals surface area (Å²) in [5.41, 5.74) is 1.17. The minimum absolute atomic E-state index is 0.109. The lowest BCUT2D eigenvalue weighted by Crippen LogP contribution is -2.59. The van der Waals surface area contributed by atoms with Crippen LogP contribution in [0.15, 0.2) is 24.3 Å². The largest absolute Gasteiger partial charge is 0.466 e. The molecule has 0 saturated heterocycles. The summed E-state index contributed by atoms with van der Waals surface area (Å²) in [5, 5.41) is 0. The van der Waals surface area contributed by atoms with Gasteiger partial charge in [-0.15, -0.1) is 0 Å². The van der Waals surface area contributed by atoms with E-state index in [9.17, 15) is 4.79 Å². The Hall–Kier alpha value is -1.47. The minimum atomic E-state index is -1.05. The van der Waals surface area contributed by atoms with Gasteiger partial charge in [0, 0.05) is 40.9 Å². The Morgan fingerprint density at radius 2 is 1.66 bits per heavy atom. The number of unbranched alkanes of at least 4 members (excludes halogenated alkanes) is 3. The summed E-state index contributed by atoms with van der Waals surface area (Å²) in [6.45, 7) is 4.10. The van der Waals surface area contributed by atoms with Crippen LogP contribution >= 0.6 is 0 Å². The molecular weight excluding hydrogens is 372 g/mol. The van der Waals surface area contributed by atoms with Gasteiger partial charge in [-0.3, -0.25) is 4.79 Å². The first-order valence-corrected chi connectivity index (χ1v) is 10.4. The van der Waals surface area contributed by atoms with Crippen molar-refractivity contribution >= 4 is 5.97 Å². The monoisotopic (exact) mass is 408 g/mol. The maximum atomic E-state index is 10.8. The van der Waals surface area contributed by atoms with Gasteiger partial charge < -0.3 is 23.7 Å². The van der Waals surface area contributed by atoms with Gasteiger partial charge in [0.2, 0.25) is 5.79 Å². The lowest BCUT2D eigenvalue weighted by atomic mass is 9.76. The zero-order valence-corrected chi connectivity index (χ0v) is 18.7. The first kappa shape index (κ1) is 23.8. The lowest BCUT2D eigenvalue weighted by molar-refractivity contribution is -0.347. The molecule has 0 saturated carbocycles. The van der Waals surface area contributed by atoms with Gasteiger partial charge in [0.05, 0.1) is 6.61 Å². The predicted molar refractivity (Wildman–Crippen MR) is 111 cm³/mol. The number of carbonyl (C=O) groups is 1. The number of methoxy groups -OCH3 is 4. The van der Waals surface area contributed by atoms with E-state index in [1.165, 1.54) is 6.92 Å². The molecule has 0 amide bonds. The molecule has 0 radical (unpaired) electrons. The SMILES string of the molecule is COC1c2ccccc2C(OC)(OC)C1(OC)C(C)CCCCCCOC(C)=O. The predicted octanol–water partition coefficient (Wildman–Crippen LogP) is 4.37. The van der Waals surface area contributed by atoms with Gasteiger partial charge in [0.15, 0.2) is 5.60 Å². The topological polar surface area (TPSA) is 63.2 Å². The smallest absolute Gasteiger partial charge is 0.302 e. The number of rotatable bonds is 12. The Kier molecular flexibility index (Phi) is 8.64. The van der Waals surface area contributed by atoms with Gasteiger partial charge in [-0.05, 0) is 24.3 Å². The molecule has 6 heteroatoms. The van der Waals surface area contributed by atoms with Crippen molar-refractivity contribution < 1.29 is 28.5 Å². The van der Waals surface area contributed by atoms with Gasteiger partial charge in [-0.2, -0.15) is 0 Å². The van der Waals surface area contributed by atoms with Gasteiger partial charge >= 0.3 is 5.97 Å². The van der Waals surface area contributed by atoms with Gasteiger partial charge in [0.1, 0.15) is 6.10 Å². The van der Waals surface area contributed by atoms with Crippen LogP contribution in [0.3, 0.4) is 0 Å². The van der Waals surface area contributed by atoms with Gasteiger partial charge in [-0.25, -0.2) is 0 Å². The van der Waals surface area contributed by atoms with Crippen LogP contribution < -0.4 is 0 Å². The number of fused-ring (bicyclic) bond motifs is 1. The summed E-state index contributed by atoms with van der Waals surface area (Å²) in [5.74, 6) is -1.16. The number of benzene rings is 1. The molecule has 0 spiro atoms. The molecular formula is C23H36O6. The first-order valence-electron chi connectivity index (χ1n) is 10.4. The maximum absolute atomic E-state index is 10.8. The molecule has 0 aromatic heterocycles. The van der Waals surface area contributed by atoms with Crippen molar-refractivity contribution in [2.45, 2.75) is 63.4 Å². The van der Waals surface area contributed by atoms with Crippen molar-refractivity contribution in [2.75, 3.05) is 35.0 Å².